The van der Waals surface area contributed by atoms with Crippen molar-refractivity contribution in [2.45, 2.75) is 19.8 Å². The summed E-state index contributed by atoms with van der Waals surface area (Å²) in [6, 6.07) is 7.57. The normalized spacial score (nSPS) is 14.5. The molecule has 3 rings (SSSR count). The van der Waals surface area contributed by atoms with Gasteiger partial charge in [-0.3, -0.25) is 4.79 Å². The molecule has 1 aliphatic heterocycles. The molecule has 2 aromatic rings. The molecule has 1 aliphatic rings. The molecule has 0 radical (unpaired) electrons. The molecule has 2 heterocycles. The quantitative estimate of drug-likeness (QED) is 0.805. The van der Waals surface area contributed by atoms with Gasteiger partial charge in [-0.1, -0.05) is 5.21 Å². The van der Waals surface area contributed by atoms with Gasteiger partial charge in [-0.05, 0) is 37.1 Å². The molecule has 6 heteroatoms. The first-order valence-corrected chi connectivity index (χ1v) is 7.06. The third-order valence-corrected chi connectivity index (χ3v) is 3.70. The van der Waals surface area contributed by atoms with Crippen molar-refractivity contribution < 1.29 is 9.53 Å². The minimum atomic E-state index is -0.0586. The van der Waals surface area contributed by atoms with Gasteiger partial charge in [-0.25, -0.2) is 0 Å². The first-order valence-electron chi connectivity index (χ1n) is 7.06. The fourth-order valence-corrected chi connectivity index (χ4v) is 2.61. The summed E-state index contributed by atoms with van der Waals surface area (Å²) in [5.74, 6) is 1.52. The highest BCUT2D eigenvalue weighted by Crippen LogP contribution is 2.27. The lowest BCUT2D eigenvalue weighted by atomic mass is 10.2. The number of hydrogen-bond acceptors (Lipinski definition) is 5. The van der Waals surface area contributed by atoms with E-state index in [1.54, 1.807) is 11.8 Å². The van der Waals surface area contributed by atoms with Crippen LogP contribution in [0.15, 0.2) is 24.3 Å². The number of ether oxygens (including phenoxy) is 1. The van der Waals surface area contributed by atoms with E-state index in [1.807, 2.05) is 24.3 Å². The molecule has 0 atom stereocenters. The zero-order chi connectivity index (χ0) is 14.8. The maximum Gasteiger partial charge on any atom is 0.183 e. The lowest BCUT2D eigenvalue weighted by Crippen LogP contribution is -2.23. The molecule has 1 saturated heterocycles. The van der Waals surface area contributed by atoms with Gasteiger partial charge < -0.3 is 9.64 Å². The monoisotopic (exact) mass is 286 g/mol. The van der Waals surface area contributed by atoms with E-state index in [2.05, 4.69) is 15.2 Å². The smallest absolute Gasteiger partial charge is 0.183 e. The van der Waals surface area contributed by atoms with E-state index in [0.717, 1.165) is 43.2 Å². The molecule has 0 spiro atoms. The van der Waals surface area contributed by atoms with E-state index in [4.69, 9.17) is 4.74 Å². The van der Waals surface area contributed by atoms with Crippen LogP contribution in [0.25, 0.3) is 5.69 Å². The van der Waals surface area contributed by atoms with Crippen LogP contribution < -0.4 is 9.64 Å². The zero-order valence-electron chi connectivity index (χ0n) is 12.2. The number of rotatable bonds is 4. The lowest BCUT2D eigenvalue weighted by molar-refractivity contribution is 0.101. The maximum absolute atomic E-state index is 11.8. The molecule has 0 N–H and O–H groups in total. The summed E-state index contributed by atoms with van der Waals surface area (Å²) >= 11 is 0. The molecule has 1 aromatic carbocycles. The Morgan fingerprint density at radius 3 is 2.43 bits per heavy atom. The Kier molecular flexibility index (Phi) is 3.60. The van der Waals surface area contributed by atoms with Crippen molar-refractivity contribution in [2.24, 2.45) is 0 Å². The number of carbonyl (C=O) groups is 1. The fourth-order valence-electron chi connectivity index (χ4n) is 2.61. The van der Waals surface area contributed by atoms with Crippen LogP contribution in [0, 0.1) is 0 Å². The first kappa shape index (κ1) is 13.6. The molecule has 0 amide bonds. The highest BCUT2D eigenvalue weighted by atomic mass is 16.5. The zero-order valence-corrected chi connectivity index (χ0v) is 12.2. The Morgan fingerprint density at radius 1 is 1.19 bits per heavy atom. The van der Waals surface area contributed by atoms with Crippen LogP contribution in [0.2, 0.25) is 0 Å². The molecule has 1 fully saturated rings. The van der Waals surface area contributed by atoms with E-state index in [-0.39, 0.29) is 5.78 Å². The van der Waals surface area contributed by atoms with Crippen molar-refractivity contribution in [2.75, 3.05) is 25.1 Å². The second kappa shape index (κ2) is 5.55. The number of carbonyl (C=O) groups excluding carboxylic acids is 1. The molecule has 21 heavy (non-hydrogen) atoms. The van der Waals surface area contributed by atoms with Crippen LogP contribution in [-0.4, -0.2) is 41.0 Å². The van der Waals surface area contributed by atoms with Gasteiger partial charge in [0.05, 0.1) is 12.8 Å². The molecule has 110 valence electrons. The first-order chi connectivity index (χ1) is 10.2. The van der Waals surface area contributed by atoms with Gasteiger partial charge in [0.1, 0.15) is 5.75 Å². The average Bonchev–Trinajstić information content (AvgIpc) is 3.16. The van der Waals surface area contributed by atoms with Crippen LogP contribution >= 0.6 is 0 Å². The molecule has 0 bridgehead atoms. The van der Waals surface area contributed by atoms with Crippen LogP contribution in [-0.2, 0) is 0 Å². The van der Waals surface area contributed by atoms with Crippen molar-refractivity contribution in [1.82, 2.24) is 15.0 Å². The molecule has 1 aromatic heterocycles. The molecule has 6 nitrogen and oxygen atoms in total. The number of nitrogens with zero attached hydrogens (tertiary/aromatic N) is 4. The minimum absolute atomic E-state index is 0.0586. The Morgan fingerprint density at radius 2 is 1.86 bits per heavy atom. The number of anilines is 1. The Bertz CT molecular complexity index is 642. The van der Waals surface area contributed by atoms with Gasteiger partial charge in [0.25, 0.3) is 0 Å². The molecule has 0 saturated carbocycles. The number of aromatic nitrogens is 3. The van der Waals surface area contributed by atoms with Crippen molar-refractivity contribution in [3.63, 3.8) is 0 Å². The summed E-state index contributed by atoms with van der Waals surface area (Å²) in [5.41, 5.74) is 1.31. The van der Waals surface area contributed by atoms with Gasteiger partial charge >= 0.3 is 0 Å². The predicted octanol–water partition coefficient (Wildman–Crippen LogP) is 2.08. The van der Waals surface area contributed by atoms with E-state index < -0.39 is 0 Å². The number of Topliss-reactive ketones (excluding diaryl/α,β-unsaturated/α-hetero) is 1. The van der Waals surface area contributed by atoms with Crippen LogP contribution in [0.4, 0.5) is 5.82 Å². The van der Waals surface area contributed by atoms with Gasteiger partial charge in [-0.2, -0.15) is 4.68 Å². The maximum atomic E-state index is 11.8. The third-order valence-electron chi connectivity index (χ3n) is 3.70. The fraction of sp³-hybridized carbons (Fsp3) is 0.400. The van der Waals surface area contributed by atoms with Gasteiger partial charge in [0, 0.05) is 20.0 Å². The third kappa shape index (κ3) is 2.49. The topological polar surface area (TPSA) is 60.2 Å². The molecular weight excluding hydrogens is 268 g/mol. The SMILES string of the molecule is COc1ccc(-n2nnc(C(C)=O)c2N2CCCC2)cc1. The predicted molar refractivity (Wildman–Crippen MR) is 79.4 cm³/mol. The number of hydrogen-bond donors (Lipinski definition) is 0. The Balaban J connectivity index is 2.06. The van der Waals surface area contributed by atoms with Crippen molar-refractivity contribution >= 4 is 11.6 Å². The average molecular weight is 286 g/mol. The summed E-state index contributed by atoms with van der Waals surface area (Å²) in [5, 5.41) is 8.24. The van der Waals surface area contributed by atoms with Crippen LogP contribution in [0.5, 0.6) is 5.75 Å². The second-order valence-electron chi connectivity index (χ2n) is 5.12. The molecule has 0 aliphatic carbocycles. The van der Waals surface area contributed by atoms with Crippen LogP contribution in [0.1, 0.15) is 30.3 Å². The Hall–Kier alpha value is -2.37. The summed E-state index contributed by atoms with van der Waals surface area (Å²) < 4.78 is 6.91. The van der Waals surface area contributed by atoms with E-state index in [0.29, 0.717) is 5.69 Å². The summed E-state index contributed by atoms with van der Waals surface area (Å²) in [6.07, 6.45) is 2.26. The molecular formula is C15H18N4O2. The highest BCUT2D eigenvalue weighted by molar-refractivity contribution is 5.97. The summed E-state index contributed by atoms with van der Waals surface area (Å²) in [4.78, 5) is 14.0. The lowest BCUT2D eigenvalue weighted by Gasteiger charge is -2.19. The van der Waals surface area contributed by atoms with Gasteiger partial charge in [0.2, 0.25) is 0 Å². The van der Waals surface area contributed by atoms with Gasteiger partial charge in [-0.15, -0.1) is 5.10 Å². The van der Waals surface area contributed by atoms with E-state index in [9.17, 15) is 4.79 Å². The minimum Gasteiger partial charge on any atom is -0.497 e. The number of benzene rings is 1. The van der Waals surface area contributed by atoms with Crippen LogP contribution in [0.3, 0.4) is 0 Å². The largest absolute Gasteiger partial charge is 0.497 e. The van der Waals surface area contributed by atoms with E-state index in [1.165, 1.54) is 6.92 Å². The standard InChI is InChI=1S/C15H18N4O2/c1-11(20)14-15(18-9-3-4-10-18)19(17-16-14)12-5-7-13(21-2)8-6-12/h5-8H,3-4,9-10H2,1-2H3. The molecule has 0 unspecified atom stereocenters. The summed E-state index contributed by atoms with van der Waals surface area (Å²) in [6.45, 7) is 3.40. The number of methoxy groups -OCH3 is 1. The van der Waals surface area contributed by atoms with Crippen molar-refractivity contribution in [3.8, 4) is 11.4 Å². The Labute approximate surface area is 123 Å². The second-order valence-corrected chi connectivity index (χ2v) is 5.12. The highest BCUT2D eigenvalue weighted by Gasteiger charge is 2.25. The summed E-state index contributed by atoms with van der Waals surface area (Å²) in [7, 11) is 1.63. The van der Waals surface area contributed by atoms with E-state index >= 15 is 0 Å². The van der Waals surface area contributed by atoms with Gasteiger partial charge in [0.15, 0.2) is 17.3 Å². The van der Waals surface area contributed by atoms with Crippen molar-refractivity contribution in [1.29, 1.82) is 0 Å². The van der Waals surface area contributed by atoms with Crippen molar-refractivity contribution in [3.05, 3.63) is 30.0 Å². The number of ketones is 1.